The first kappa shape index (κ1) is 12.0. The molecule has 0 saturated heterocycles. The molecule has 0 aliphatic rings. The fourth-order valence-electron chi connectivity index (χ4n) is 0.266. The van der Waals surface area contributed by atoms with E-state index in [-0.39, 0.29) is 18.8 Å². The number of ether oxygens (including phenoxy) is 1. The van der Waals surface area contributed by atoms with Crippen LogP contribution in [0.15, 0.2) is 0 Å². The van der Waals surface area contributed by atoms with Crippen molar-refractivity contribution >= 4 is 5.97 Å². The Bertz CT molecular complexity index is 97.3. The van der Waals surface area contributed by atoms with E-state index in [2.05, 4.69) is 4.74 Å². The van der Waals surface area contributed by atoms with Crippen molar-refractivity contribution in [1.29, 1.82) is 0 Å². The third-order valence-electron chi connectivity index (χ3n) is 0.732. The number of carboxylic acids is 1. The van der Waals surface area contributed by atoms with Gasteiger partial charge in [0.25, 0.3) is 0 Å². The Morgan fingerprint density at radius 2 is 2.20 bits per heavy atom. The molecule has 7 N–H and O–H groups in total. The zero-order chi connectivity index (χ0) is 7.28. The monoisotopic (exact) mass is 152 g/mol. The van der Waals surface area contributed by atoms with Crippen LogP contribution in [0.25, 0.3) is 0 Å². The summed E-state index contributed by atoms with van der Waals surface area (Å²) in [6.07, 6.45) is 0. The van der Waals surface area contributed by atoms with E-state index in [1.54, 1.807) is 0 Å². The lowest BCUT2D eigenvalue weighted by molar-refractivity contribution is -0.139. The van der Waals surface area contributed by atoms with E-state index < -0.39 is 12.0 Å². The van der Waals surface area contributed by atoms with E-state index in [4.69, 9.17) is 16.6 Å². The van der Waals surface area contributed by atoms with Crippen molar-refractivity contribution in [3.8, 4) is 0 Å². The van der Waals surface area contributed by atoms with E-state index in [1.165, 1.54) is 0 Å². The lowest BCUT2D eigenvalue weighted by Gasteiger charge is -2.03. The Balaban J connectivity index is 0. The fraction of sp³-hybridized carbons (Fsp3) is 0.750. The van der Waals surface area contributed by atoms with Crippen LogP contribution in [-0.2, 0) is 9.53 Å². The first-order chi connectivity index (χ1) is 4.18. The molecule has 0 aliphatic carbocycles. The second kappa shape index (κ2) is 6.43. The summed E-state index contributed by atoms with van der Waals surface area (Å²) in [7, 11) is 0. The van der Waals surface area contributed by atoms with Crippen molar-refractivity contribution < 1.29 is 20.1 Å². The summed E-state index contributed by atoms with van der Waals surface area (Å²) < 4.78 is 4.53. The van der Waals surface area contributed by atoms with E-state index in [1.807, 2.05) is 0 Å². The number of hydrogen-bond acceptors (Lipinski definition) is 4. The summed E-state index contributed by atoms with van der Waals surface area (Å²) in [5, 5.41) is 8.16. The van der Waals surface area contributed by atoms with Crippen molar-refractivity contribution in [2.24, 2.45) is 11.5 Å². The third kappa shape index (κ3) is 5.45. The number of nitrogens with two attached hydrogens (primary N) is 2. The average molecular weight is 152 g/mol. The van der Waals surface area contributed by atoms with Gasteiger partial charge in [0, 0.05) is 0 Å². The number of aliphatic carboxylic acids is 1. The Hall–Kier alpha value is -0.690. The highest BCUT2D eigenvalue weighted by atomic mass is 16.5. The van der Waals surface area contributed by atoms with Gasteiger partial charge in [0.1, 0.15) is 6.04 Å². The van der Waals surface area contributed by atoms with E-state index in [0.717, 1.165) is 0 Å². The third-order valence-corrected chi connectivity index (χ3v) is 0.732. The molecular formula is C4H12N2O4. The first-order valence-electron chi connectivity index (χ1n) is 2.44. The molecule has 6 heteroatoms. The van der Waals surface area contributed by atoms with Gasteiger partial charge in [0.2, 0.25) is 0 Å². The van der Waals surface area contributed by atoms with Gasteiger partial charge in [0.15, 0.2) is 0 Å². The molecule has 6 nitrogen and oxygen atoms in total. The summed E-state index contributed by atoms with van der Waals surface area (Å²) in [4.78, 5) is 9.96. The van der Waals surface area contributed by atoms with Gasteiger partial charge in [0.05, 0.1) is 13.3 Å². The molecule has 0 rings (SSSR count). The molecule has 62 valence electrons. The highest BCUT2D eigenvalue weighted by molar-refractivity contribution is 5.73. The molecule has 0 aromatic heterocycles. The van der Waals surface area contributed by atoms with Crippen LogP contribution >= 0.6 is 0 Å². The maximum Gasteiger partial charge on any atom is 0.322 e. The minimum Gasteiger partial charge on any atom is -0.480 e. The average Bonchev–Trinajstić information content (AvgIpc) is 1.82. The standard InChI is InChI=1S/C4H10N2O3.H2O/c5-2-9-1-3(6)4(7)8;/h3H,1-2,5-6H2,(H,7,8);1H2/t3-;/m1./s1. The molecule has 0 aromatic rings. The minimum absolute atomic E-state index is 0. The van der Waals surface area contributed by atoms with Crippen LogP contribution in [0.1, 0.15) is 0 Å². The second-order valence-electron chi connectivity index (χ2n) is 1.48. The highest BCUT2D eigenvalue weighted by Crippen LogP contribution is 1.78. The van der Waals surface area contributed by atoms with Gasteiger partial charge in [-0.3, -0.25) is 4.79 Å². The largest absolute Gasteiger partial charge is 0.480 e. The summed E-state index contributed by atoms with van der Waals surface area (Å²) in [5.74, 6) is -1.08. The molecule has 0 unspecified atom stereocenters. The summed E-state index contributed by atoms with van der Waals surface area (Å²) in [6.45, 7) is -0.0349. The Morgan fingerprint density at radius 3 is 2.50 bits per heavy atom. The van der Waals surface area contributed by atoms with E-state index in [0.29, 0.717) is 0 Å². The van der Waals surface area contributed by atoms with Gasteiger partial charge in [-0.2, -0.15) is 0 Å². The van der Waals surface area contributed by atoms with Crippen molar-refractivity contribution in [3.63, 3.8) is 0 Å². The quantitative estimate of drug-likeness (QED) is 0.383. The van der Waals surface area contributed by atoms with E-state index in [9.17, 15) is 4.79 Å². The van der Waals surface area contributed by atoms with Crippen LogP contribution in [0.5, 0.6) is 0 Å². The topological polar surface area (TPSA) is 130 Å². The molecule has 0 amide bonds. The van der Waals surface area contributed by atoms with E-state index >= 15 is 0 Å². The molecule has 1 atom stereocenters. The van der Waals surface area contributed by atoms with Crippen molar-refractivity contribution in [3.05, 3.63) is 0 Å². The van der Waals surface area contributed by atoms with Crippen LogP contribution in [0, 0.1) is 0 Å². The number of carboxylic acid groups (broad SMARTS) is 1. The van der Waals surface area contributed by atoms with Crippen LogP contribution in [0.3, 0.4) is 0 Å². The Kier molecular flexibility index (Phi) is 7.74. The SMILES string of the molecule is NCOC[C@@H](N)C(=O)O.O. The Morgan fingerprint density at radius 1 is 1.70 bits per heavy atom. The van der Waals surface area contributed by atoms with Crippen molar-refractivity contribution in [1.82, 2.24) is 0 Å². The normalized spacial score (nSPS) is 11.8. The maximum atomic E-state index is 9.96. The zero-order valence-corrected chi connectivity index (χ0v) is 5.41. The molecule has 0 saturated carbocycles. The molecule has 0 aromatic carbocycles. The van der Waals surface area contributed by atoms with Crippen LogP contribution in [0.4, 0.5) is 0 Å². The lowest BCUT2D eigenvalue weighted by Crippen LogP contribution is -2.35. The maximum absolute atomic E-state index is 9.96. The fourth-order valence-corrected chi connectivity index (χ4v) is 0.266. The predicted molar refractivity (Wildman–Crippen MR) is 34.2 cm³/mol. The number of rotatable bonds is 4. The first-order valence-corrected chi connectivity index (χ1v) is 2.44. The van der Waals surface area contributed by atoms with Gasteiger partial charge in [-0.25, -0.2) is 0 Å². The summed E-state index contributed by atoms with van der Waals surface area (Å²) >= 11 is 0. The van der Waals surface area contributed by atoms with Gasteiger partial charge in [-0.05, 0) is 0 Å². The molecule has 0 aliphatic heterocycles. The Labute approximate surface area is 58.1 Å². The smallest absolute Gasteiger partial charge is 0.322 e. The van der Waals surface area contributed by atoms with Gasteiger partial charge >= 0.3 is 5.97 Å². The molecule has 0 bridgehead atoms. The van der Waals surface area contributed by atoms with Crippen LogP contribution in [-0.4, -0.2) is 35.9 Å². The molecular weight excluding hydrogens is 140 g/mol. The lowest BCUT2D eigenvalue weighted by atomic mass is 10.3. The molecule has 0 radical (unpaired) electrons. The summed E-state index contributed by atoms with van der Waals surface area (Å²) in [5.41, 5.74) is 9.93. The molecule has 0 heterocycles. The summed E-state index contributed by atoms with van der Waals surface area (Å²) in [6, 6.07) is -0.964. The minimum atomic E-state index is -1.08. The van der Waals surface area contributed by atoms with Gasteiger partial charge in [-0.15, -0.1) is 0 Å². The van der Waals surface area contributed by atoms with Crippen molar-refractivity contribution in [2.45, 2.75) is 6.04 Å². The van der Waals surface area contributed by atoms with Crippen LogP contribution < -0.4 is 11.5 Å². The van der Waals surface area contributed by atoms with Crippen molar-refractivity contribution in [2.75, 3.05) is 13.3 Å². The van der Waals surface area contributed by atoms with Crippen LogP contribution in [0.2, 0.25) is 0 Å². The zero-order valence-electron chi connectivity index (χ0n) is 5.41. The predicted octanol–water partition coefficient (Wildman–Crippen LogP) is -2.49. The molecule has 0 spiro atoms. The van der Waals surface area contributed by atoms with Gasteiger partial charge < -0.3 is 26.8 Å². The molecule has 10 heavy (non-hydrogen) atoms. The number of carbonyl (C=O) groups is 1. The van der Waals surface area contributed by atoms with Gasteiger partial charge in [-0.1, -0.05) is 0 Å². The second-order valence-corrected chi connectivity index (χ2v) is 1.48. The highest BCUT2D eigenvalue weighted by Gasteiger charge is 2.09. The number of hydrogen-bond donors (Lipinski definition) is 3. The molecule has 0 fully saturated rings.